The van der Waals surface area contributed by atoms with Gasteiger partial charge in [0.15, 0.2) is 0 Å². The van der Waals surface area contributed by atoms with Crippen molar-refractivity contribution in [1.82, 2.24) is 9.91 Å². The molecule has 0 saturated carbocycles. The molecule has 1 rings (SSSR count). The monoisotopic (exact) mass is 412 g/mol. The molecule has 1 aromatic rings. The topological polar surface area (TPSA) is 67.8 Å². The molecule has 0 unspecified atom stereocenters. The number of unbranched alkanes of at least 4 members (excludes halogenated alkanes) is 1. The first kappa shape index (κ1) is 21.8. The third kappa shape index (κ3) is 9.72. The van der Waals surface area contributed by atoms with Crippen LogP contribution >= 0.6 is 15.9 Å². The van der Waals surface area contributed by atoms with Crippen molar-refractivity contribution in [2.45, 2.75) is 39.0 Å². The van der Waals surface area contributed by atoms with Crippen molar-refractivity contribution in [3.63, 3.8) is 0 Å². The van der Waals surface area contributed by atoms with Gasteiger partial charge in [-0.15, -0.1) is 0 Å². The lowest BCUT2D eigenvalue weighted by atomic mass is 10.1. The number of hydrazine groups is 1. The summed E-state index contributed by atoms with van der Waals surface area (Å²) < 4.78 is 6.81. The van der Waals surface area contributed by atoms with Gasteiger partial charge < -0.3 is 20.4 Å². The van der Waals surface area contributed by atoms with Crippen molar-refractivity contribution in [3.05, 3.63) is 40.1 Å². The standard InChI is InChI=1S/C19H33BrN4O/c1-4-5-7-17(21)15-24(22)12-10-16-8-9-19(18(20)14-16)25-13-6-11-23(2)3/h8-9,14-15H,4-7,10-13,21-22H2,1-3H3/b17-15-. The van der Waals surface area contributed by atoms with Crippen molar-refractivity contribution < 1.29 is 4.74 Å². The molecule has 5 nitrogen and oxygen atoms in total. The van der Waals surface area contributed by atoms with Crippen LogP contribution in [0.15, 0.2) is 34.6 Å². The Balaban J connectivity index is 2.43. The van der Waals surface area contributed by atoms with Gasteiger partial charge in [-0.2, -0.15) is 0 Å². The summed E-state index contributed by atoms with van der Waals surface area (Å²) in [6, 6.07) is 6.20. The molecule has 1 aromatic carbocycles. The van der Waals surface area contributed by atoms with Crippen molar-refractivity contribution in [3.8, 4) is 5.75 Å². The number of halogens is 1. The molecule has 6 heteroatoms. The first-order chi connectivity index (χ1) is 11.9. The zero-order chi connectivity index (χ0) is 18.7. The maximum absolute atomic E-state index is 6.00. The van der Waals surface area contributed by atoms with E-state index in [0.29, 0.717) is 6.61 Å². The van der Waals surface area contributed by atoms with Gasteiger partial charge in [0.05, 0.1) is 11.1 Å². The molecular weight excluding hydrogens is 380 g/mol. The van der Waals surface area contributed by atoms with Crippen molar-refractivity contribution in [2.24, 2.45) is 11.6 Å². The van der Waals surface area contributed by atoms with Gasteiger partial charge >= 0.3 is 0 Å². The minimum Gasteiger partial charge on any atom is -0.492 e. The maximum Gasteiger partial charge on any atom is 0.133 e. The highest BCUT2D eigenvalue weighted by molar-refractivity contribution is 9.10. The normalized spacial score (nSPS) is 11.8. The predicted molar refractivity (Wildman–Crippen MR) is 109 cm³/mol. The van der Waals surface area contributed by atoms with Gasteiger partial charge in [-0.1, -0.05) is 19.4 Å². The van der Waals surface area contributed by atoms with E-state index in [1.165, 1.54) is 5.56 Å². The zero-order valence-electron chi connectivity index (χ0n) is 15.8. The molecule has 142 valence electrons. The number of benzene rings is 1. The van der Waals surface area contributed by atoms with E-state index >= 15 is 0 Å². The van der Waals surface area contributed by atoms with Crippen LogP contribution in [0.3, 0.4) is 0 Å². The van der Waals surface area contributed by atoms with Gasteiger partial charge in [-0.3, -0.25) is 0 Å². The number of rotatable bonds is 12. The molecule has 0 saturated heterocycles. The van der Waals surface area contributed by atoms with Crippen LogP contribution in [0.4, 0.5) is 0 Å². The zero-order valence-corrected chi connectivity index (χ0v) is 17.4. The second-order valence-corrected chi connectivity index (χ2v) is 7.42. The smallest absolute Gasteiger partial charge is 0.133 e. The lowest BCUT2D eigenvalue weighted by Crippen LogP contribution is -2.28. The molecule has 25 heavy (non-hydrogen) atoms. The van der Waals surface area contributed by atoms with E-state index in [2.05, 4.69) is 54.0 Å². The van der Waals surface area contributed by atoms with Gasteiger partial charge in [0.1, 0.15) is 5.75 Å². The third-order valence-corrected chi connectivity index (χ3v) is 4.43. The molecule has 0 atom stereocenters. The summed E-state index contributed by atoms with van der Waals surface area (Å²) in [4.78, 5) is 2.16. The summed E-state index contributed by atoms with van der Waals surface area (Å²) in [5.41, 5.74) is 8.01. The second kappa shape index (κ2) is 12.2. The lowest BCUT2D eigenvalue weighted by Gasteiger charge is -2.16. The van der Waals surface area contributed by atoms with Gasteiger partial charge in [0.2, 0.25) is 0 Å². The highest BCUT2D eigenvalue weighted by Crippen LogP contribution is 2.26. The number of hydrogen-bond donors (Lipinski definition) is 2. The maximum atomic E-state index is 6.00. The minimum absolute atomic E-state index is 0.717. The van der Waals surface area contributed by atoms with E-state index in [1.54, 1.807) is 5.01 Å². The summed E-state index contributed by atoms with van der Waals surface area (Å²) in [7, 11) is 4.14. The second-order valence-electron chi connectivity index (χ2n) is 6.57. The fraction of sp³-hybridized carbons (Fsp3) is 0.579. The molecule has 0 aliphatic heterocycles. The van der Waals surface area contributed by atoms with Gasteiger partial charge in [0, 0.05) is 25.0 Å². The first-order valence-electron chi connectivity index (χ1n) is 8.95. The molecule has 0 heterocycles. The summed E-state index contributed by atoms with van der Waals surface area (Å²) in [5.74, 6) is 6.89. The summed E-state index contributed by atoms with van der Waals surface area (Å²) in [6.07, 6.45) is 6.83. The van der Waals surface area contributed by atoms with Crippen LogP contribution < -0.4 is 16.3 Å². The van der Waals surface area contributed by atoms with Crippen molar-refractivity contribution >= 4 is 15.9 Å². The van der Waals surface area contributed by atoms with Crippen molar-refractivity contribution in [2.75, 3.05) is 33.8 Å². The van der Waals surface area contributed by atoms with E-state index in [9.17, 15) is 0 Å². The van der Waals surface area contributed by atoms with E-state index in [4.69, 9.17) is 16.3 Å². The Morgan fingerprint density at radius 1 is 1.24 bits per heavy atom. The largest absolute Gasteiger partial charge is 0.492 e. The quantitative estimate of drug-likeness (QED) is 0.312. The summed E-state index contributed by atoms with van der Waals surface area (Å²) in [6.45, 7) is 4.62. The molecule has 0 radical (unpaired) electrons. The van der Waals surface area contributed by atoms with E-state index < -0.39 is 0 Å². The Kier molecular flexibility index (Phi) is 10.6. The number of nitrogens with two attached hydrogens (primary N) is 2. The molecule has 0 aliphatic rings. The van der Waals surface area contributed by atoms with E-state index in [1.807, 2.05) is 12.3 Å². The summed E-state index contributed by atoms with van der Waals surface area (Å²) in [5, 5.41) is 1.67. The number of nitrogens with zero attached hydrogens (tertiary/aromatic N) is 2. The third-order valence-electron chi connectivity index (χ3n) is 3.81. The first-order valence-corrected chi connectivity index (χ1v) is 9.75. The Morgan fingerprint density at radius 3 is 2.64 bits per heavy atom. The lowest BCUT2D eigenvalue weighted by molar-refractivity contribution is 0.280. The molecule has 0 aliphatic carbocycles. The number of hydrogen-bond acceptors (Lipinski definition) is 5. The molecule has 4 N–H and O–H groups in total. The molecule has 0 amide bonds. The van der Waals surface area contributed by atoms with Gasteiger partial charge in [0.25, 0.3) is 0 Å². The average molecular weight is 413 g/mol. The van der Waals surface area contributed by atoms with Gasteiger partial charge in [-0.25, -0.2) is 5.84 Å². The average Bonchev–Trinajstić information content (AvgIpc) is 2.56. The fourth-order valence-corrected chi connectivity index (χ4v) is 2.90. The van der Waals surface area contributed by atoms with Crippen LogP contribution in [0.1, 0.15) is 38.2 Å². The Labute approximate surface area is 161 Å². The van der Waals surface area contributed by atoms with E-state index in [0.717, 1.165) is 61.1 Å². The van der Waals surface area contributed by atoms with Crippen LogP contribution in [0.2, 0.25) is 0 Å². The molecule has 0 spiro atoms. The highest BCUT2D eigenvalue weighted by Gasteiger charge is 2.04. The Bertz CT molecular complexity index is 534. The predicted octanol–water partition coefficient (Wildman–Crippen LogP) is 3.49. The van der Waals surface area contributed by atoms with Crippen LogP contribution in [0.25, 0.3) is 0 Å². The van der Waals surface area contributed by atoms with Crippen LogP contribution in [-0.4, -0.2) is 43.7 Å². The molecular formula is C19H33BrN4O. The Morgan fingerprint density at radius 2 is 2.00 bits per heavy atom. The molecule has 0 bridgehead atoms. The van der Waals surface area contributed by atoms with Crippen LogP contribution in [0, 0.1) is 0 Å². The van der Waals surface area contributed by atoms with Crippen LogP contribution in [0.5, 0.6) is 5.75 Å². The van der Waals surface area contributed by atoms with Crippen LogP contribution in [-0.2, 0) is 6.42 Å². The Hall–Kier alpha value is -1.24. The fourth-order valence-electron chi connectivity index (χ4n) is 2.36. The van der Waals surface area contributed by atoms with Crippen molar-refractivity contribution in [1.29, 1.82) is 0 Å². The van der Waals surface area contributed by atoms with E-state index in [-0.39, 0.29) is 0 Å². The highest BCUT2D eigenvalue weighted by atomic mass is 79.9. The summed E-state index contributed by atoms with van der Waals surface area (Å²) >= 11 is 3.59. The number of ether oxygens (including phenoxy) is 1. The number of allylic oxidation sites excluding steroid dienone is 1. The molecule has 0 aromatic heterocycles. The minimum atomic E-state index is 0.717. The molecule has 0 fully saturated rings. The SMILES string of the molecule is CCCC/C(N)=C/N(N)CCc1ccc(OCCCN(C)C)c(Br)c1. The van der Waals surface area contributed by atoms with Gasteiger partial charge in [-0.05, 0) is 73.4 Å².